The Hall–Kier alpha value is -2.34. The number of hydrogen-bond acceptors (Lipinski definition) is 3. The van der Waals surface area contributed by atoms with Crippen LogP contribution in [0.2, 0.25) is 0 Å². The van der Waals surface area contributed by atoms with Crippen molar-refractivity contribution in [2.45, 2.75) is 31.6 Å². The topological polar surface area (TPSA) is 57.7 Å². The summed E-state index contributed by atoms with van der Waals surface area (Å²) in [4.78, 5) is 14.9. The number of carbonyl (C=O) groups excluding carboxylic acids is 1. The molecular formula is C21H26N2O3S. The Morgan fingerprint density at radius 2 is 1.78 bits per heavy atom. The molecule has 1 saturated heterocycles. The van der Waals surface area contributed by atoms with Crippen LogP contribution in [-0.2, 0) is 14.8 Å². The highest BCUT2D eigenvalue weighted by molar-refractivity contribution is 7.92. The molecule has 2 aromatic carbocycles. The molecule has 6 heteroatoms. The summed E-state index contributed by atoms with van der Waals surface area (Å²) >= 11 is 0. The molecule has 2 aromatic rings. The van der Waals surface area contributed by atoms with E-state index in [4.69, 9.17) is 0 Å². The maximum Gasteiger partial charge on any atom is 0.264 e. The third-order valence-corrected chi connectivity index (χ3v) is 6.73. The van der Waals surface area contributed by atoms with Gasteiger partial charge < -0.3 is 4.90 Å². The van der Waals surface area contributed by atoms with Crippen LogP contribution in [-0.4, -0.2) is 38.9 Å². The van der Waals surface area contributed by atoms with Gasteiger partial charge in [-0.05, 0) is 49.9 Å². The van der Waals surface area contributed by atoms with Gasteiger partial charge in [0, 0.05) is 13.1 Å². The van der Waals surface area contributed by atoms with Crippen LogP contribution in [0, 0.1) is 12.8 Å². The number of carbonyl (C=O) groups is 1. The van der Waals surface area contributed by atoms with Crippen molar-refractivity contribution >= 4 is 21.6 Å². The van der Waals surface area contributed by atoms with Crippen molar-refractivity contribution in [2.24, 2.45) is 5.92 Å². The number of anilines is 1. The molecule has 0 aliphatic carbocycles. The normalized spacial score (nSPS) is 17.6. The lowest BCUT2D eigenvalue weighted by atomic mass is 10.0. The molecule has 1 amide bonds. The van der Waals surface area contributed by atoms with Gasteiger partial charge in [0.05, 0.1) is 10.6 Å². The first-order valence-electron chi connectivity index (χ1n) is 9.30. The summed E-state index contributed by atoms with van der Waals surface area (Å²) in [6, 6.07) is 15.5. The van der Waals surface area contributed by atoms with Gasteiger partial charge in [0.25, 0.3) is 10.0 Å². The highest BCUT2D eigenvalue weighted by atomic mass is 32.2. The molecule has 144 valence electrons. The van der Waals surface area contributed by atoms with E-state index in [9.17, 15) is 13.2 Å². The SMILES string of the molecule is Cc1ccc(S(=O)(=O)N(CC(=O)N2CCC[C@H](C)C2)c2ccccc2)cc1. The fourth-order valence-corrected chi connectivity index (χ4v) is 4.80. The number of amides is 1. The lowest BCUT2D eigenvalue weighted by molar-refractivity contribution is -0.131. The lowest BCUT2D eigenvalue weighted by Crippen LogP contribution is -2.46. The van der Waals surface area contributed by atoms with Gasteiger partial charge in [0.1, 0.15) is 6.54 Å². The van der Waals surface area contributed by atoms with Crippen molar-refractivity contribution < 1.29 is 13.2 Å². The van der Waals surface area contributed by atoms with Gasteiger partial charge in [0.15, 0.2) is 0 Å². The summed E-state index contributed by atoms with van der Waals surface area (Å²) in [6.45, 7) is 5.22. The minimum Gasteiger partial charge on any atom is -0.341 e. The van der Waals surface area contributed by atoms with Crippen molar-refractivity contribution in [3.05, 3.63) is 60.2 Å². The monoisotopic (exact) mass is 386 g/mol. The first kappa shape index (κ1) is 19.4. The van der Waals surface area contributed by atoms with Crippen LogP contribution in [0.3, 0.4) is 0 Å². The van der Waals surface area contributed by atoms with Crippen molar-refractivity contribution in [1.29, 1.82) is 0 Å². The Labute approximate surface area is 161 Å². The van der Waals surface area contributed by atoms with Crippen LogP contribution < -0.4 is 4.31 Å². The molecule has 0 aromatic heterocycles. The second-order valence-electron chi connectivity index (χ2n) is 7.25. The fraction of sp³-hybridized carbons (Fsp3) is 0.381. The van der Waals surface area contributed by atoms with E-state index in [1.807, 2.05) is 13.0 Å². The van der Waals surface area contributed by atoms with Crippen molar-refractivity contribution in [3.63, 3.8) is 0 Å². The molecule has 0 spiro atoms. The number of hydrogen-bond donors (Lipinski definition) is 0. The molecule has 0 saturated carbocycles. The van der Waals surface area contributed by atoms with E-state index in [2.05, 4.69) is 6.92 Å². The number of rotatable bonds is 5. The first-order chi connectivity index (χ1) is 12.9. The molecule has 0 unspecified atom stereocenters. The zero-order valence-corrected chi connectivity index (χ0v) is 16.7. The van der Waals surface area contributed by atoms with Crippen LogP contribution in [0.15, 0.2) is 59.5 Å². The third kappa shape index (κ3) is 4.50. The Morgan fingerprint density at radius 3 is 2.41 bits per heavy atom. The number of piperidine rings is 1. The molecule has 0 bridgehead atoms. The summed E-state index contributed by atoms with van der Waals surface area (Å²) in [6.07, 6.45) is 2.07. The standard InChI is InChI=1S/C21H26N2O3S/c1-17-10-12-20(13-11-17)27(25,26)23(19-8-4-3-5-9-19)16-21(24)22-14-6-7-18(2)15-22/h3-5,8-13,18H,6-7,14-16H2,1-2H3/t18-/m0/s1. The van der Waals surface area contributed by atoms with Crippen LogP contribution in [0.1, 0.15) is 25.3 Å². The van der Waals surface area contributed by atoms with Crippen molar-refractivity contribution in [2.75, 3.05) is 23.9 Å². The highest BCUT2D eigenvalue weighted by Crippen LogP contribution is 2.24. The average Bonchev–Trinajstić information content (AvgIpc) is 2.67. The maximum atomic E-state index is 13.3. The summed E-state index contributed by atoms with van der Waals surface area (Å²) in [7, 11) is -3.83. The molecule has 1 atom stereocenters. The lowest BCUT2D eigenvalue weighted by Gasteiger charge is -2.33. The molecule has 5 nitrogen and oxygen atoms in total. The zero-order chi connectivity index (χ0) is 19.4. The second-order valence-corrected chi connectivity index (χ2v) is 9.11. The molecule has 3 rings (SSSR count). The maximum absolute atomic E-state index is 13.3. The van der Waals surface area contributed by atoms with Crippen molar-refractivity contribution in [1.82, 2.24) is 4.90 Å². The predicted octanol–water partition coefficient (Wildman–Crippen LogP) is 3.45. The Balaban J connectivity index is 1.92. The van der Waals surface area contributed by atoms with Crippen LogP contribution in [0.25, 0.3) is 0 Å². The van der Waals surface area contributed by atoms with Crippen molar-refractivity contribution in [3.8, 4) is 0 Å². The van der Waals surface area contributed by atoms with E-state index in [0.717, 1.165) is 18.4 Å². The van der Waals surface area contributed by atoms with Crippen LogP contribution in [0.5, 0.6) is 0 Å². The van der Waals surface area contributed by atoms with Crippen LogP contribution >= 0.6 is 0 Å². The number of aryl methyl sites for hydroxylation is 1. The predicted molar refractivity (Wildman–Crippen MR) is 107 cm³/mol. The summed E-state index contributed by atoms with van der Waals surface area (Å²) < 4.78 is 27.8. The van der Waals surface area contributed by atoms with Gasteiger partial charge in [-0.1, -0.05) is 42.8 Å². The van der Waals surface area contributed by atoms with Gasteiger partial charge in [-0.3, -0.25) is 9.10 Å². The Bertz CT molecular complexity index is 879. The van der Waals surface area contributed by atoms with Crippen LogP contribution in [0.4, 0.5) is 5.69 Å². The smallest absolute Gasteiger partial charge is 0.264 e. The number of likely N-dealkylation sites (tertiary alicyclic amines) is 1. The molecule has 1 aliphatic rings. The number of benzene rings is 2. The van der Waals surface area contributed by atoms with E-state index in [1.54, 1.807) is 53.4 Å². The van der Waals surface area contributed by atoms with Gasteiger partial charge >= 0.3 is 0 Å². The molecule has 1 heterocycles. The molecule has 1 aliphatic heterocycles. The number of sulfonamides is 1. The highest BCUT2D eigenvalue weighted by Gasteiger charge is 2.30. The van der Waals surface area contributed by atoms with Gasteiger partial charge in [0.2, 0.25) is 5.91 Å². The molecule has 0 N–H and O–H groups in total. The average molecular weight is 387 g/mol. The minimum absolute atomic E-state index is 0.152. The molecule has 0 radical (unpaired) electrons. The fourth-order valence-electron chi connectivity index (χ4n) is 3.39. The number of para-hydroxylation sites is 1. The van der Waals surface area contributed by atoms with E-state index < -0.39 is 10.0 Å². The molecule has 27 heavy (non-hydrogen) atoms. The summed E-state index contributed by atoms with van der Waals surface area (Å²) in [5, 5.41) is 0. The van der Waals surface area contributed by atoms with E-state index in [-0.39, 0.29) is 17.3 Å². The molecule has 1 fully saturated rings. The quantitative estimate of drug-likeness (QED) is 0.791. The minimum atomic E-state index is -3.83. The van der Waals surface area contributed by atoms with Gasteiger partial charge in [-0.2, -0.15) is 0 Å². The van der Waals surface area contributed by atoms with E-state index in [1.165, 1.54) is 4.31 Å². The number of nitrogens with zero attached hydrogens (tertiary/aromatic N) is 2. The largest absolute Gasteiger partial charge is 0.341 e. The Kier molecular flexibility index (Phi) is 5.85. The van der Waals surface area contributed by atoms with E-state index >= 15 is 0 Å². The summed E-state index contributed by atoms with van der Waals surface area (Å²) in [5.41, 5.74) is 1.48. The van der Waals surface area contributed by atoms with E-state index in [0.29, 0.717) is 24.7 Å². The first-order valence-corrected chi connectivity index (χ1v) is 10.7. The Morgan fingerprint density at radius 1 is 1.11 bits per heavy atom. The van der Waals surface area contributed by atoms with Gasteiger partial charge in [-0.25, -0.2) is 8.42 Å². The van der Waals surface area contributed by atoms with Gasteiger partial charge in [-0.15, -0.1) is 0 Å². The molecular weight excluding hydrogens is 360 g/mol. The second kappa shape index (κ2) is 8.13. The third-order valence-electron chi connectivity index (χ3n) is 4.94. The zero-order valence-electron chi connectivity index (χ0n) is 15.8. The summed E-state index contributed by atoms with van der Waals surface area (Å²) in [5.74, 6) is 0.294.